The van der Waals surface area contributed by atoms with Crippen LogP contribution >= 0.6 is 11.8 Å². The van der Waals surface area contributed by atoms with E-state index in [1.165, 1.54) is 0 Å². The monoisotopic (exact) mass is 194 g/mol. The fourth-order valence-electron chi connectivity index (χ4n) is 1.24. The Morgan fingerprint density at radius 2 is 2.46 bits per heavy atom. The van der Waals surface area contributed by atoms with Crippen molar-refractivity contribution >= 4 is 23.4 Å². The van der Waals surface area contributed by atoms with Crippen LogP contribution in [0, 0.1) is 6.92 Å². The lowest BCUT2D eigenvalue weighted by atomic mass is 10.2. The maximum absolute atomic E-state index is 11.2. The Labute approximate surface area is 80.9 Å². The summed E-state index contributed by atoms with van der Waals surface area (Å²) in [5.41, 5.74) is 1.96. The summed E-state index contributed by atoms with van der Waals surface area (Å²) in [6, 6.07) is 1.91. The molecule has 0 unspecified atom stereocenters. The van der Waals surface area contributed by atoms with E-state index in [2.05, 4.69) is 10.3 Å². The van der Waals surface area contributed by atoms with Gasteiger partial charge in [0.25, 0.3) is 0 Å². The molecule has 1 aromatic heterocycles. The van der Waals surface area contributed by atoms with Crippen LogP contribution < -0.4 is 5.32 Å². The van der Waals surface area contributed by atoms with E-state index < -0.39 is 0 Å². The number of pyridine rings is 1. The summed E-state index contributed by atoms with van der Waals surface area (Å²) in [4.78, 5) is 15.5. The van der Waals surface area contributed by atoms with Gasteiger partial charge >= 0.3 is 0 Å². The van der Waals surface area contributed by atoms with Crippen LogP contribution in [0.5, 0.6) is 0 Å². The van der Waals surface area contributed by atoms with Crippen molar-refractivity contribution in [3.63, 3.8) is 0 Å². The summed E-state index contributed by atoms with van der Waals surface area (Å²) in [7, 11) is 0. The second-order valence-electron chi connectivity index (χ2n) is 2.95. The number of carbonyl (C=O) groups is 1. The molecule has 4 heteroatoms. The van der Waals surface area contributed by atoms with Crippen LogP contribution in [0.1, 0.15) is 12.0 Å². The van der Waals surface area contributed by atoms with Crippen molar-refractivity contribution in [3.8, 4) is 0 Å². The lowest BCUT2D eigenvalue weighted by molar-refractivity contribution is -0.115. The third-order valence-corrected chi connectivity index (χ3v) is 2.95. The van der Waals surface area contributed by atoms with E-state index >= 15 is 0 Å². The average Bonchev–Trinajstić information content (AvgIpc) is 2.28. The molecule has 1 N–H and O–H groups in total. The van der Waals surface area contributed by atoms with Crippen molar-refractivity contribution in [1.29, 1.82) is 0 Å². The molecule has 1 aliphatic rings. The molecule has 1 aromatic rings. The SMILES string of the molecule is Cc1ccnc2c1NC(=O)CCS2. The van der Waals surface area contributed by atoms with Gasteiger partial charge in [0.2, 0.25) is 5.91 Å². The first-order chi connectivity index (χ1) is 6.27. The third-order valence-electron chi connectivity index (χ3n) is 1.96. The zero-order valence-electron chi connectivity index (χ0n) is 7.33. The number of hydrogen-bond donors (Lipinski definition) is 1. The minimum Gasteiger partial charge on any atom is -0.324 e. The number of carbonyl (C=O) groups excluding carboxylic acids is 1. The van der Waals surface area contributed by atoms with Crippen LogP contribution in [0.15, 0.2) is 17.3 Å². The Hall–Kier alpha value is -1.03. The fraction of sp³-hybridized carbons (Fsp3) is 0.333. The smallest absolute Gasteiger partial charge is 0.225 e. The van der Waals surface area contributed by atoms with Gasteiger partial charge in [0.15, 0.2) is 0 Å². The first-order valence-electron chi connectivity index (χ1n) is 4.15. The Balaban J connectivity index is 2.46. The van der Waals surface area contributed by atoms with Crippen molar-refractivity contribution in [2.45, 2.75) is 18.4 Å². The van der Waals surface area contributed by atoms with E-state index in [0.717, 1.165) is 22.0 Å². The van der Waals surface area contributed by atoms with Crippen LogP contribution in [0.4, 0.5) is 5.69 Å². The number of rotatable bonds is 0. The van der Waals surface area contributed by atoms with Crippen molar-refractivity contribution in [2.24, 2.45) is 0 Å². The molecule has 0 radical (unpaired) electrons. The van der Waals surface area contributed by atoms with Crippen molar-refractivity contribution in [1.82, 2.24) is 4.98 Å². The van der Waals surface area contributed by atoms with Crippen LogP contribution in [-0.4, -0.2) is 16.6 Å². The van der Waals surface area contributed by atoms with Crippen LogP contribution in [0.3, 0.4) is 0 Å². The molecule has 0 saturated carbocycles. The molecule has 1 aliphatic heterocycles. The molecular weight excluding hydrogens is 184 g/mol. The number of aromatic nitrogens is 1. The van der Waals surface area contributed by atoms with E-state index in [0.29, 0.717) is 6.42 Å². The molecule has 0 atom stereocenters. The molecule has 0 aliphatic carbocycles. The van der Waals surface area contributed by atoms with E-state index in [4.69, 9.17) is 0 Å². The Morgan fingerprint density at radius 3 is 3.31 bits per heavy atom. The highest BCUT2D eigenvalue weighted by atomic mass is 32.2. The number of amides is 1. The molecular formula is C9H10N2OS. The summed E-state index contributed by atoms with van der Waals surface area (Å²) in [5, 5.41) is 3.80. The molecule has 68 valence electrons. The van der Waals surface area contributed by atoms with Gasteiger partial charge in [-0.3, -0.25) is 4.79 Å². The fourth-order valence-corrected chi connectivity index (χ4v) is 2.21. The summed E-state index contributed by atoms with van der Waals surface area (Å²) in [5.74, 6) is 0.900. The topological polar surface area (TPSA) is 42.0 Å². The van der Waals surface area contributed by atoms with Crippen LogP contribution in [0.2, 0.25) is 0 Å². The molecule has 2 heterocycles. The zero-order chi connectivity index (χ0) is 9.26. The predicted molar refractivity (Wildman–Crippen MR) is 52.9 cm³/mol. The van der Waals surface area contributed by atoms with Gasteiger partial charge in [0.05, 0.1) is 5.69 Å². The molecule has 0 spiro atoms. The molecule has 2 rings (SSSR count). The number of anilines is 1. The van der Waals surface area contributed by atoms with Gasteiger partial charge in [-0.15, -0.1) is 11.8 Å². The lowest BCUT2D eigenvalue weighted by Crippen LogP contribution is -2.11. The highest BCUT2D eigenvalue weighted by Gasteiger charge is 2.15. The molecule has 0 bridgehead atoms. The summed E-state index contributed by atoms with van der Waals surface area (Å²) >= 11 is 1.63. The highest BCUT2D eigenvalue weighted by Crippen LogP contribution is 2.30. The van der Waals surface area contributed by atoms with Crippen LogP contribution in [0.25, 0.3) is 0 Å². The highest BCUT2D eigenvalue weighted by molar-refractivity contribution is 7.99. The number of aryl methyl sites for hydroxylation is 1. The first kappa shape index (κ1) is 8.56. The molecule has 13 heavy (non-hydrogen) atoms. The Morgan fingerprint density at radius 1 is 1.62 bits per heavy atom. The molecule has 1 amide bonds. The molecule has 0 saturated heterocycles. The maximum Gasteiger partial charge on any atom is 0.225 e. The summed E-state index contributed by atoms with van der Waals surface area (Å²) in [6.45, 7) is 1.98. The van der Waals surface area contributed by atoms with E-state index in [-0.39, 0.29) is 5.91 Å². The van der Waals surface area contributed by atoms with E-state index in [9.17, 15) is 4.79 Å². The second kappa shape index (κ2) is 3.38. The van der Waals surface area contributed by atoms with E-state index in [1.54, 1.807) is 18.0 Å². The molecule has 0 aromatic carbocycles. The van der Waals surface area contributed by atoms with Crippen molar-refractivity contribution < 1.29 is 4.79 Å². The van der Waals surface area contributed by atoms with Gasteiger partial charge in [-0.2, -0.15) is 0 Å². The lowest BCUT2D eigenvalue weighted by Gasteiger charge is -2.07. The molecule has 0 fully saturated rings. The number of thioether (sulfide) groups is 1. The van der Waals surface area contributed by atoms with Gasteiger partial charge in [0.1, 0.15) is 5.03 Å². The largest absolute Gasteiger partial charge is 0.324 e. The first-order valence-corrected chi connectivity index (χ1v) is 5.14. The van der Waals surface area contributed by atoms with Gasteiger partial charge in [-0.25, -0.2) is 4.98 Å². The zero-order valence-corrected chi connectivity index (χ0v) is 8.15. The Kier molecular flexibility index (Phi) is 2.22. The second-order valence-corrected chi connectivity index (χ2v) is 4.04. The molecule has 3 nitrogen and oxygen atoms in total. The standard InChI is InChI=1S/C9H10N2OS/c1-6-2-4-10-9-8(6)11-7(12)3-5-13-9/h2,4H,3,5H2,1H3,(H,11,12). The summed E-state index contributed by atoms with van der Waals surface area (Å²) in [6.07, 6.45) is 2.35. The minimum atomic E-state index is 0.0855. The van der Waals surface area contributed by atoms with Gasteiger partial charge in [-0.05, 0) is 18.6 Å². The quantitative estimate of drug-likeness (QED) is 0.685. The minimum absolute atomic E-state index is 0.0855. The normalized spacial score (nSPS) is 15.9. The van der Waals surface area contributed by atoms with Crippen molar-refractivity contribution in [3.05, 3.63) is 17.8 Å². The third kappa shape index (κ3) is 1.67. The number of nitrogens with one attached hydrogen (secondary N) is 1. The van der Waals surface area contributed by atoms with E-state index in [1.807, 2.05) is 13.0 Å². The van der Waals surface area contributed by atoms with Crippen LogP contribution in [-0.2, 0) is 4.79 Å². The number of nitrogens with zero attached hydrogens (tertiary/aromatic N) is 1. The predicted octanol–water partition coefficient (Wildman–Crippen LogP) is 1.82. The maximum atomic E-state index is 11.2. The summed E-state index contributed by atoms with van der Waals surface area (Å²) < 4.78 is 0. The van der Waals surface area contributed by atoms with Gasteiger partial charge in [-0.1, -0.05) is 0 Å². The number of hydrogen-bond acceptors (Lipinski definition) is 3. The average molecular weight is 194 g/mol. The van der Waals surface area contributed by atoms with Gasteiger partial charge < -0.3 is 5.32 Å². The number of fused-ring (bicyclic) bond motifs is 1. The van der Waals surface area contributed by atoms with Crippen molar-refractivity contribution in [2.75, 3.05) is 11.1 Å². The Bertz CT molecular complexity index is 351. The van der Waals surface area contributed by atoms with Gasteiger partial charge in [0, 0.05) is 18.4 Å².